The second-order valence-electron chi connectivity index (χ2n) is 6.49. The van der Waals surface area contributed by atoms with Gasteiger partial charge < -0.3 is 14.5 Å². The summed E-state index contributed by atoms with van der Waals surface area (Å²) in [4.78, 5) is 30.0. The molecule has 0 radical (unpaired) electrons. The van der Waals surface area contributed by atoms with Crippen molar-refractivity contribution in [2.75, 3.05) is 33.4 Å². The Bertz CT molecular complexity index is 786. The Morgan fingerprint density at radius 2 is 2.07 bits per heavy atom. The lowest BCUT2D eigenvalue weighted by molar-refractivity contribution is -0.152. The molecule has 0 unspecified atom stereocenters. The summed E-state index contributed by atoms with van der Waals surface area (Å²) in [7, 11) is 1.49. The first kappa shape index (κ1) is 19.3. The Labute approximate surface area is 163 Å². The normalized spacial score (nSPS) is 17.2. The maximum absolute atomic E-state index is 12.9. The number of carbonyl (C=O) groups excluding carboxylic acids is 2. The average molecular weight is 385 g/mol. The predicted molar refractivity (Wildman–Crippen MR) is 108 cm³/mol. The number of benzene rings is 1. The van der Waals surface area contributed by atoms with Gasteiger partial charge in [0.25, 0.3) is 0 Å². The molecule has 142 valence electrons. The van der Waals surface area contributed by atoms with E-state index >= 15 is 0 Å². The Morgan fingerprint density at radius 3 is 2.70 bits per heavy atom. The van der Waals surface area contributed by atoms with Crippen LogP contribution in [0.1, 0.15) is 5.56 Å². The topological polar surface area (TPSA) is 49.9 Å². The second-order valence-corrected chi connectivity index (χ2v) is 7.43. The van der Waals surface area contributed by atoms with Gasteiger partial charge in [0, 0.05) is 38.0 Å². The van der Waals surface area contributed by atoms with Crippen LogP contribution in [0.3, 0.4) is 0 Å². The molecule has 0 bridgehead atoms. The zero-order chi connectivity index (χ0) is 19.2. The molecule has 1 aliphatic rings. The lowest BCUT2D eigenvalue weighted by Crippen LogP contribution is -2.60. The molecule has 2 heterocycles. The van der Waals surface area contributed by atoms with Gasteiger partial charge in [0.15, 0.2) is 0 Å². The maximum Gasteiger partial charge on any atom is 0.249 e. The minimum absolute atomic E-state index is 0.0114. The van der Waals surface area contributed by atoms with Crippen LogP contribution in [0.15, 0.2) is 54.4 Å². The van der Waals surface area contributed by atoms with Crippen LogP contribution < -0.4 is 0 Å². The summed E-state index contributed by atoms with van der Waals surface area (Å²) in [6.07, 6.45) is 2.21. The molecule has 1 atom stereocenters. The van der Waals surface area contributed by atoms with Gasteiger partial charge in [-0.2, -0.15) is 0 Å². The summed E-state index contributed by atoms with van der Waals surface area (Å²) in [5, 5.41) is 2.05. The lowest BCUT2D eigenvalue weighted by atomic mass is 9.99. The number of rotatable bonds is 7. The summed E-state index contributed by atoms with van der Waals surface area (Å²) in [5.74, 6) is -0.183. The number of thiophene rings is 1. The van der Waals surface area contributed by atoms with Crippen molar-refractivity contribution in [1.29, 1.82) is 0 Å². The molecule has 6 heteroatoms. The van der Waals surface area contributed by atoms with E-state index in [1.54, 1.807) is 27.2 Å². The summed E-state index contributed by atoms with van der Waals surface area (Å²) >= 11 is 1.70. The van der Waals surface area contributed by atoms with Gasteiger partial charge in [0.05, 0.1) is 0 Å². The Kier molecular flexibility index (Phi) is 6.42. The molecule has 0 aliphatic carbocycles. The highest BCUT2D eigenvalue weighted by Crippen LogP contribution is 2.25. The Hall–Kier alpha value is -2.44. The Balaban J connectivity index is 1.79. The smallest absolute Gasteiger partial charge is 0.249 e. The van der Waals surface area contributed by atoms with E-state index in [1.807, 2.05) is 18.2 Å². The van der Waals surface area contributed by atoms with Crippen LogP contribution in [0, 0.1) is 0 Å². The molecule has 1 fully saturated rings. The SMILES string of the molecule is C=CCN1CCN(C(=O)COC)[C@H](Cc2ccc(-c3cccs3)cc2)C1=O. The molecule has 0 saturated carbocycles. The standard InChI is InChI=1S/C21H24N2O3S/c1-3-10-22-11-12-23(20(24)15-26-2)18(21(22)25)14-16-6-8-17(9-7-16)19-5-4-13-27-19/h3-9,13,18H,1,10-12,14-15H2,2H3/t18-/m1/s1. The third-order valence-electron chi connectivity index (χ3n) is 4.71. The third-order valence-corrected chi connectivity index (χ3v) is 5.63. The minimum Gasteiger partial charge on any atom is -0.375 e. The maximum atomic E-state index is 12.9. The van der Waals surface area contributed by atoms with Crippen molar-refractivity contribution in [1.82, 2.24) is 9.80 Å². The molecule has 1 aromatic carbocycles. The zero-order valence-electron chi connectivity index (χ0n) is 15.5. The van der Waals surface area contributed by atoms with Gasteiger partial charge in [-0.3, -0.25) is 9.59 Å². The number of methoxy groups -OCH3 is 1. The lowest BCUT2D eigenvalue weighted by Gasteiger charge is -2.40. The number of carbonyl (C=O) groups is 2. The fraction of sp³-hybridized carbons (Fsp3) is 0.333. The van der Waals surface area contributed by atoms with Crippen molar-refractivity contribution >= 4 is 23.2 Å². The highest BCUT2D eigenvalue weighted by molar-refractivity contribution is 7.13. The molecular weight excluding hydrogens is 360 g/mol. The van der Waals surface area contributed by atoms with Gasteiger partial charge in [0.1, 0.15) is 12.6 Å². The van der Waals surface area contributed by atoms with Crippen LogP contribution in [0.4, 0.5) is 0 Å². The first-order valence-corrected chi connectivity index (χ1v) is 9.83. The summed E-state index contributed by atoms with van der Waals surface area (Å²) < 4.78 is 4.99. The van der Waals surface area contributed by atoms with E-state index in [9.17, 15) is 9.59 Å². The highest BCUT2D eigenvalue weighted by Gasteiger charge is 2.36. The number of amides is 2. The summed E-state index contributed by atoms with van der Waals surface area (Å²) in [6, 6.07) is 11.8. The summed E-state index contributed by atoms with van der Waals surface area (Å²) in [5.41, 5.74) is 2.19. The van der Waals surface area contributed by atoms with E-state index in [2.05, 4.69) is 30.2 Å². The van der Waals surface area contributed by atoms with Gasteiger partial charge in [-0.25, -0.2) is 0 Å². The van der Waals surface area contributed by atoms with E-state index in [1.165, 1.54) is 12.0 Å². The fourth-order valence-corrected chi connectivity index (χ4v) is 4.08. The van der Waals surface area contributed by atoms with E-state index in [-0.39, 0.29) is 18.4 Å². The van der Waals surface area contributed by atoms with Gasteiger partial charge in [-0.1, -0.05) is 36.4 Å². The molecule has 0 spiro atoms. The van der Waals surface area contributed by atoms with Crippen molar-refractivity contribution in [3.05, 3.63) is 60.0 Å². The third kappa shape index (κ3) is 4.46. The number of hydrogen-bond donors (Lipinski definition) is 0. The quantitative estimate of drug-likeness (QED) is 0.690. The molecule has 5 nitrogen and oxygen atoms in total. The molecule has 27 heavy (non-hydrogen) atoms. The van der Waals surface area contributed by atoms with Crippen LogP contribution in [0.25, 0.3) is 10.4 Å². The monoisotopic (exact) mass is 384 g/mol. The molecule has 1 aliphatic heterocycles. The van der Waals surface area contributed by atoms with Gasteiger partial charge in [0.2, 0.25) is 11.8 Å². The zero-order valence-corrected chi connectivity index (χ0v) is 16.3. The molecule has 3 rings (SSSR count). The number of piperazine rings is 1. The van der Waals surface area contributed by atoms with Crippen LogP contribution in [-0.2, 0) is 20.7 Å². The highest BCUT2D eigenvalue weighted by atomic mass is 32.1. The van der Waals surface area contributed by atoms with Crippen LogP contribution in [0.5, 0.6) is 0 Å². The van der Waals surface area contributed by atoms with Crippen molar-refractivity contribution in [3.8, 4) is 10.4 Å². The van der Waals surface area contributed by atoms with Crippen LogP contribution in [0.2, 0.25) is 0 Å². The molecular formula is C21H24N2O3S. The number of hydrogen-bond acceptors (Lipinski definition) is 4. The molecule has 2 aromatic rings. The number of nitrogens with zero attached hydrogens (tertiary/aromatic N) is 2. The average Bonchev–Trinajstić information content (AvgIpc) is 3.21. The van der Waals surface area contributed by atoms with E-state index < -0.39 is 6.04 Å². The van der Waals surface area contributed by atoms with Crippen molar-refractivity contribution in [3.63, 3.8) is 0 Å². The Morgan fingerprint density at radius 1 is 1.30 bits per heavy atom. The van der Waals surface area contributed by atoms with Crippen LogP contribution >= 0.6 is 11.3 Å². The molecule has 1 saturated heterocycles. The molecule has 0 N–H and O–H groups in total. The summed E-state index contributed by atoms with van der Waals surface area (Å²) in [6.45, 7) is 5.25. The fourth-order valence-electron chi connectivity index (χ4n) is 3.35. The van der Waals surface area contributed by atoms with Gasteiger partial charge in [-0.05, 0) is 22.6 Å². The van der Waals surface area contributed by atoms with Crippen LogP contribution in [-0.4, -0.2) is 61.0 Å². The number of ether oxygens (including phenoxy) is 1. The second kappa shape index (κ2) is 8.97. The van der Waals surface area contributed by atoms with Gasteiger partial charge in [-0.15, -0.1) is 17.9 Å². The predicted octanol–water partition coefficient (Wildman–Crippen LogP) is 2.83. The van der Waals surface area contributed by atoms with E-state index in [4.69, 9.17) is 4.74 Å². The largest absolute Gasteiger partial charge is 0.375 e. The molecule has 2 amide bonds. The molecule has 1 aromatic heterocycles. The van der Waals surface area contributed by atoms with E-state index in [0.29, 0.717) is 26.1 Å². The van der Waals surface area contributed by atoms with Crippen molar-refractivity contribution in [2.45, 2.75) is 12.5 Å². The van der Waals surface area contributed by atoms with Crippen molar-refractivity contribution in [2.24, 2.45) is 0 Å². The van der Waals surface area contributed by atoms with E-state index in [0.717, 1.165) is 11.1 Å². The first-order chi connectivity index (χ1) is 13.1. The minimum atomic E-state index is -0.506. The van der Waals surface area contributed by atoms with Gasteiger partial charge >= 0.3 is 0 Å². The first-order valence-electron chi connectivity index (χ1n) is 8.95. The van der Waals surface area contributed by atoms with Crippen molar-refractivity contribution < 1.29 is 14.3 Å².